The summed E-state index contributed by atoms with van der Waals surface area (Å²) in [5.74, 6) is -0.512. The van der Waals surface area contributed by atoms with Crippen molar-refractivity contribution in [1.29, 1.82) is 0 Å². The summed E-state index contributed by atoms with van der Waals surface area (Å²) in [6.07, 6.45) is 0.582. The van der Waals surface area contributed by atoms with E-state index in [-0.39, 0.29) is 17.0 Å². The maximum atomic E-state index is 11.3. The van der Waals surface area contributed by atoms with Crippen molar-refractivity contribution in [3.05, 3.63) is 0 Å². The first-order chi connectivity index (χ1) is 4.60. The zero-order chi connectivity index (χ0) is 8.20. The molecule has 0 heterocycles. The third-order valence-corrected chi connectivity index (χ3v) is 3.53. The van der Waals surface area contributed by atoms with Crippen LogP contribution in [-0.2, 0) is 13.6 Å². The first-order valence-electron chi connectivity index (χ1n) is 3.07. The summed E-state index contributed by atoms with van der Waals surface area (Å²) in [5.41, 5.74) is 5.46. The third-order valence-electron chi connectivity index (χ3n) is 1.33. The molecule has 0 aromatic heterocycles. The molecular weight excluding hydrogens is 233 g/mol. The topological polar surface area (TPSA) is 61.6 Å². The zero-order valence-corrected chi connectivity index (χ0v) is 9.55. The molecule has 1 unspecified atom stereocenters. The molecule has 0 aliphatic rings. The highest BCUT2D eigenvalue weighted by molar-refractivity contribution is 8.93. The molecule has 0 aliphatic heterocycles. The Balaban J connectivity index is 0. The van der Waals surface area contributed by atoms with Gasteiger partial charge in [-0.25, -0.2) is 0 Å². The van der Waals surface area contributed by atoms with Gasteiger partial charge in [0.2, 0.25) is 0 Å². The molecule has 0 saturated carbocycles. The molecule has 2 N–H and O–H groups in total. The van der Waals surface area contributed by atoms with E-state index in [4.69, 9.17) is 5.73 Å². The predicted molar refractivity (Wildman–Crippen MR) is 50.2 cm³/mol. The molecule has 0 aromatic carbocycles. The summed E-state index contributed by atoms with van der Waals surface area (Å²) in [6, 6.07) is 0. The van der Waals surface area contributed by atoms with Crippen LogP contribution in [0.3, 0.4) is 0 Å². The van der Waals surface area contributed by atoms with Crippen LogP contribution in [0.4, 0.5) is 0 Å². The molecule has 0 saturated heterocycles. The fourth-order valence-electron chi connectivity index (χ4n) is 0.569. The minimum Gasteiger partial charge on any atom is -0.318 e. The third kappa shape index (κ3) is 3.67. The Morgan fingerprint density at radius 3 is 1.91 bits per heavy atom. The van der Waals surface area contributed by atoms with Gasteiger partial charge in [-0.3, -0.25) is 4.57 Å². The number of nitrogens with two attached hydrogens (primary N) is 1. The van der Waals surface area contributed by atoms with Crippen LogP contribution in [-0.4, -0.2) is 20.0 Å². The minimum atomic E-state index is -2.99. The van der Waals surface area contributed by atoms with E-state index in [2.05, 4.69) is 9.05 Å². The van der Waals surface area contributed by atoms with E-state index in [1.165, 1.54) is 14.2 Å². The largest absolute Gasteiger partial charge is 0.346 e. The average molecular weight is 248 g/mol. The summed E-state index contributed by atoms with van der Waals surface area (Å²) in [4.78, 5) is 0. The van der Waals surface area contributed by atoms with Crippen molar-refractivity contribution in [2.24, 2.45) is 5.73 Å². The summed E-state index contributed by atoms with van der Waals surface area (Å²) in [5, 5.41) is 0. The monoisotopic (exact) mass is 247 g/mol. The van der Waals surface area contributed by atoms with Crippen LogP contribution in [0.15, 0.2) is 0 Å². The molecule has 0 fully saturated rings. The molecule has 0 rings (SSSR count). The van der Waals surface area contributed by atoms with Crippen LogP contribution < -0.4 is 5.73 Å². The van der Waals surface area contributed by atoms with E-state index < -0.39 is 13.4 Å². The minimum absolute atomic E-state index is 0. The van der Waals surface area contributed by atoms with Gasteiger partial charge >= 0.3 is 7.60 Å². The lowest BCUT2D eigenvalue weighted by atomic mass is 10.5. The second-order valence-electron chi connectivity index (χ2n) is 1.88. The highest BCUT2D eigenvalue weighted by atomic mass is 79.9. The number of rotatable bonds is 4. The second-order valence-corrected chi connectivity index (χ2v) is 4.35. The lowest BCUT2D eigenvalue weighted by Crippen LogP contribution is -2.20. The van der Waals surface area contributed by atoms with Gasteiger partial charge in [-0.05, 0) is 6.42 Å². The van der Waals surface area contributed by atoms with Gasteiger partial charge in [-0.2, -0.15) is 0 Å². The molecule has 0 amide bonds. The van der Waals surface area contributed by atoms with Crippen molar-refractivity contribution in [2.75, 3.05) is 14.2 Å². The van der Waals surface area contributed by atoms with Gasteiger partial charge in [0.1, 0.15) is 5.78 Å². The van der Waals surface area contributed by atoms with Gasteiger partial charge in [0.05, 0.1) is 0 Å². The molecule has 0 aromatic rings. The van der Waals surface area contributed by atoms with Gasteiger partial charge in [0.25, 0.3) is 0 Å². The number of halogens is 1. The zero-order valence-electron chi connectivity index (χ0n) is 6.94. The smallest absolute Gasteiger partial charge is 0.318 e. The first-order valence-corrected chi connectivity index (χ1v) is 4.68. The summed E-state index contributed by atoms with van der Waals surface area (Å²) >= 11 is 0. The van der Waals surface area contributed by atoms with Crippen LogP contribution in [0.2, 0.25) is 0 Å². The van der Waals surface area contributed by atoms with Crippen molar-refractivity contribution in [2.45, 2.75) is 19.1 Å². The Bertz CT molecular complexity index is 136. The highest BCUT2D eigenvalue weighted by Gasteiger charge is 2.28. The van der Waals surface area contributed by atoms with Crippen molar-refractivity contribution >= 4 is 24.6 Å². The average Bonchev–Trinajstić information content (AvgIpc) is 2.01. The number of hydrogen-bond donors (Lipinski definition) is 1. The summed E-state index contributed by atoms with van der Waals surface area (Å²) in [6.45, 7) is 1.83. The van der Waals surface area contributed by atoms with Crippen LogP contribution in [0, 0.1) is 0 Å². The van der Waals surface area contributed by atoms with E-state index >= 15 is 0 Å². The molecule has 0 spiro atoms. The standard InChI is InChI=1S/C5H14NO3P.BrH/c1-4-5(6)10(7,8-2)9-3;/h5H,4,6H2,1-3H3;1H. The lowest BCUT2D eigenvalue weighted by molar-refractivity contribution is 0.265. The van der Waals surface area contributed by atoms with Crippen molar-refractivity contribution in [3.63, 3.8) is 0 Å². The van der Waals surface area contributed by atoms with Gasteiger partial charge in [0, 0.05) is 14.2 Å². The molecule has 0 radical (unpaired) electrons. The van der Waals surface area contributed by atoms with E-state index in [1.54, 1.807) is 0 Å². The lowest BCUT2D eigenvalue weighted by Gasteiger charge is -2.18. The van der Waals surface area contributed by atoms with Crippen molar-refractivity contribution < 1.29 is 13.6 Å². The van der Waals surface area contributed by atoms with Crippen LogP contribution in [0.25, 0.3) is 0 Å². The van der Waals surface area contributed by atoms with Crippen molar-refractivity contribution in [1.82, 2.24) is 0 Å². The van der Waals surface area contributed by atoms with E-state index in [0.29, 0.717) is 6.42 Å². The Labute approximate surface area is 77.7 Å². The second kappa shape index (κ2) is 6.14. The molecule has 11 heavy (non-hydrogen) atoms. The SMILES string of the molecule is Br.CCC(N)P(=O)(OC)OC. The molecule has 0 aliphatic carbocycles. The Hall–Kier alpha value is 0.590. The molecule has 4 nitrogen and oxygen atoms in total. The fraction of sp³-hybridized carbons (Fsp3) is 1.00. The van der Waals surface area contributed by atoms with Gasteiger partial charge in [0.15, 0.2) is 0 Å². The highest BCUT2D eigenvalue weighted by Crippen LogP contribution is 2.50. The van der Waals surface area contributed by atoms with E-state index in [0.717, 1.165) is 0 Å². The maximum Gasteiger partial charge on any atom is 0.346 e. The van der Waals surface area contributed by atoms with Gasteiger partial charge in [-0.15, -0.1) is 17.0 Å². The maximum absolute atomic E-state index is 11.3. The molecule has 1 atom stereocenters. The van der Waals surface area contributed by atoms with E-state index in [9.17, 15) is 4.57 Å². The van der Waals surface area contributed by atoms with Crippen LogP contribution in [0.5, 0.6) is 0 Å². The molecule has 70 valence electrons. The first kappa shape index (κ1) is 14.1. The fourth-order valence-corrected chi connectivity index (χ4v) is 1.71. The predicted octanol–water partition coefficient (Wildman–Crippen LogP) is 1.74. The number of hydrogen-bond acceptors (Lipinski definition) is 4. The quantitative estimate of drug-likeness (QED) is 0.770. The Kier molecular flexibility index (Phi) is 7.89. The van der Waals surface area contributed by atoms with Gasteiger partial charge in [-0.1, -0.05) is 6.92 Å². The van der Waals surface area contributed by atoms with Gasteiger partial charge < -0.3 is 14.8 Å². The Morgan fingerprint density at radius 2 is 1.82 bits per heavy atom. The summed E-state index contributed by atoms with van der Waals surface area (Å²) < 4.78 is 20.6. The Morgan fingerprint density at radius 1 is 1.45 bits per heavy atom. The normalized spacial score (nSPS) is 13.8. The van der Waals surface area contributed by atoms with Crippen LogP contribution in [0.1, 0.15) is 13.3 Å². The molecular formula is C5H15BrNO3P. The summed E-state index contributed by atoms with van der Waals surface area (Å²) in [7, 11) is -0.328. The molecule has 6 heteroatoms. The molecule has 0 bridgehead atoms. The van der Waals surface area contributed by atoms with E-state index in [1.807, 2.05) is 6.92 Å². The van der Waals surface area contributed by atoms with Crippen molar-refractivity contribution in [3.8, 4) is 0 Å². The van der Waals surface area contributed by atoms with Crippen LogP contribution >= 0.6 is 24.6 Å².